The number of amides is 1. The van der Waals surface area contributed by atoms with E-state index < -0.39 is 0 Å². The van der Waals surface area contributed by atoms with Gasteiger partial charge < -0.3 is 25.4 Å². The van der Waals surface area contributed by atoms with Gasteiger partial charge in [-0.1, -0.05) is 30.3 Å². The van der Waals surface area contributed by atoms with Crippen LogP contribution in [0.2, 0.25) is 0 Å². The molecule has 0 bridgehead atoms. The van der Waals surface area contributed by atoms with Crippen LogP contribution in [-0.4, -0.2) is 51.3 Å². The maximum Gasteiger partial charge on any atom is 0.251 e. The van der Waals surface area contributed by atoms with E-state index in [4.69, 9.17) is 9.47 Å². The molecule has 1 amide bonds. The number of guanidine groups is 1. The van der Waals surface area contributed by atoms with E-state index in [0.29, 0.717) is 51.0 Å². The van der Waals surface area contributed by atoms with Gasteiger partial charge in [0, 0.05) is 37.4 Å². The number of rotatable bonds is 12. The molecule has 0 fully saturated rings. The lowest BCUT2D eigenvalue weighted by Crippen LogP contribution is -2.41. The van der Waals surface area contributed by atoms with Crippen LogP contribution in [0.5, 0.6) is 5.75 Å². The number of nitrogens with one attached hydrogen (secondary N) is 3. The lowest BCUT2D eigenvalue weighted by Gasteiger charge is -2.14. The fourth-order valence-electron chi connectivity index (χ4n) is 2.84. The molecule has 0 aliphatic rings. The van der Waals surface area contributed by atoms with Crippen LogP contribution in [0.4, 0.5) is 0 Å². The number of benzene rings is 2. The first-order valence-corrected chi connectivity index (χ1v) is 10.8. The Bertz CT molecular complexity index is 825. The van der Waals surface area contributed by atoms with Crippen molar-refractivity contribution in [2.24, 2.45) is 4.99 Å². The van der Waals surface area contributed by atoms with Crippen LogP contribution >= 0.6 is 0 Å². The van der Waals surface area contributed by atoms with E-state index in [1.165, 1.54) is 0 Å². The average molecular weight is 427 g/mol. The summed E-state index contributed by atoms with van der Waals surface area (Å²) in [5.74, 6) is 1.43. The second kappa shape index (κ2) is 14.0. The van der Waals surface area contributed by atoms with E-state index >= 15 is 0 Å². The van der Waals surface area contributed by atoms with Gasteiger partial charge in [0.25, 0.3) is 5.91 Å². The van der Waals surface area contributed by atoms with Gasteiger partial charge in [-0.05, 0) is 44.5 Å². The molecule has 0 aliphatic carbocycles. The number of ether oxygens (including phenoxy) is 2. The third kappa shape index (κ3) is 9.09. The largest absolute Gasteiger partial charge is 0.491 e. The molecule has 3 N–H and O–H groups in total. The molecule has 0 aliphatic heterocycles. The molecule has 7 heteroatoms. The van der Waals surface area contributed by atoms with Crippen molar-refractivity contribution in [3.63, 3.8) is 0 Å². The van der Waals surface area contributed by atoms with Crippen LogP contribution in [0.1, 0.15) is 35.3 Å². The first-order chi connectivity index (χ1) is 15.1. The molecular formula is C24H34N4O3. The highest BCUT2D eigenvalue weighted by atomic mass is 16.5. The fourth-order valence-corrected chi connectivity index (χ4v) is 2.84. The predicted octanol–water partition coefficient (Wildman–Crippen LogP) is 2.90. The summed E-state index contributed by atoms with van der Waals surface area (Å²) in [6, 6.07) is 15.3. The number of hydrogen-bond donors (Lipinski definition) is 3. The van der Waals surface area contributed by atoms with Gasteiger partial charge in [0.2, 0.25) is 0 Å². The Morgan fingerprint density at radius 1 is 0.968 bits per heavy atom. The van der Waals surface area contributed by atoms with Crippen molar-refractivity contribution in [3.05, 3.63) is 65.2 Å². The van der Waals surface area contributed by atoms with E-state index in [-0.39, 0.29) is 5.91 Å². The number of nitrogens with zero attached hydrogens (tertiary/aromatic N) is 1. The van der Waals surface area contributed by atoms with Gasteiger partial charge in [-0.25, -0.2) is 4.99 Å². The third-order valence-electron chi connectivity index (χ3n) is 4.40. The number of hydrogen-bond acceptors (Lipinski definition) is 4. The Morgan fingerprint density at radius 2 is 1.74 bits per heavy atom. The molecule has 0 heterocycles. The third-order valence-corrected chi connectivity index (χ3v) is 4.40. The van der Waals surface area contributed by atoms with Gasteiger partial charge in [0.1, 0.15) is 12.4 Å². The Kier molecular flexibility index (Phi) is 11.0. The SMILES string of the molecule is CCNC(=NCc1ccc(C)cc1OCCOCC)NCCNC(=O)c1ccccc1. The summed E-state index contributed by atoms with van der Waals surface area (Å²) >= 11 is 0. The maximum atomic E-state index is 12.1. The normalized spacial score (nSPS) is 11.1. The molecule has 0 saturated carbocycles. The zero-order chi connectivity index (χ0) is 22.3. The lowest BCUT2D eigenvalue weighted by atomic mass is 10.1. The fraction of sp³-hybridized carbons (Fsp3) is 0.417. The predicted molar refractivity (Wildman–Crippen MR) is 125 cm³/mol. The Balaban J connectivity index is 1.88. The minimum atomic E-state index is -0.0853. The summed E-state index contributed by atoms with van der Waals surface area (Å²) in [5.41, 5.74) is 2.80. The highest BCUT2D eigenvalue weighted by molar-refractivity contribution is 5.94. The molecular weight excluding hydrogens is 392 g/mol. The number of aryl methyl sites for hydroxylation is 1. The molecule has 168 valence electrons. The van der Waals surface area contributed by atoms with Crippen LogP contribution in [-0.2, 0) is 11.3 Å². The minimum absolute atomic E-state index is 0.0853. The summed E-state index contributed by atoms with van der Waals surface area (Å²) in [5, 5.41) is 9.38. The molecule has 0 radical (unpaired) electrons. The number of carbonyl (C=O) groups is 1. The van der Waals surface area contributed by atoms with E-state index in [2.05, 4.69) is 27.0 Å². The Labute approximate surface area is 185 Å². The molecule has 2 aromatic carbocycles. The molecule has 0 atom stereocenters. The molecule has 0 unspecified atom stereocenters. The summed E-state index contributed by atoms with van der Waals surface area (Å²) in [6.45, 7) is 10.1. The van der Waals surface area contributed by atoms with Gasteiger partial charge >= 0.3 is 0 Å². The summed E-state index contributed by atoms with van der Waals surface area (Å²) in [4.78, 5) is 16.8. The number of aliphatic imine (C=N–C) groups is 1. The standard InChI is InChI=1S/C24H34N4O3/c1-4-25-24(27-14-13-26-23(29)20-9-7-6-8-10-20)28-18-21-12-11-19(3)17-22(21)31-16-15-30-5-2/h6-12,17H,4-5,13-16,18H2,1-3H3,(H,26,29)(H2,25,27,28). The van der Waals surface area contributed by atoms with Gasteiger partial charge in [0.15, 0.2) is 5.96 Å². The Hall–Kier alpha value is -3.06. The van der Waals surface area contributed by atoms with E-state index in [9.17, 15) is 4.79 Å². The summed E-state index contributed by atoms with van der Waals surface area (Å²) in [7, 11) is 0. The molecule has 0 saturated heterocycles. The summed E-state index contributed by atoms with van der Waals surface area (Å²) < 4.78 is 11.2. The highest BCUT2D eigenvalue weighted by Crippen LogP contribution is 2.21. The molecule has 2 rings (SSSR count). The molecule has 0 aromatic heterocycles. The minimum Gasteiger partial charge on any atom is -0.491 e. The maximum absolute atomic E-state index is 12.1. The summed E-state index contributed by atoms with van der Waals surface area (Å²) in [6.07, 6.45) is 0. The average Bonchev–Trinajstić information content (AvgIpc) is 2.79. The lowest BCUT2D eigenvalue weighted by molar-refractivity contribution is 0.0954. The second-order valence-corrected chi connectivity index (χ2v) is 6.90. The van der Waals surface area contributed by atoms with Crippen molar-refractivity contribution in [1.29, 1.82) is 0 Å². The van der Waals surface area contributed by atoms with Gasteiger partial charge in [-0.2, -0.15) is 0 Å². The number of carbonyl (C=O) groups excluding carboxylic acids is 1. The smallest absolute Gasteiger partial charge is 0.251 e. The van der Waals surface area contributed by atoms with Crippen LogP contribution in [0.25, 0.3) is 0 Å². The molecule has 0 spiro atoms. The first kappa shape index (κ1) is 24.2. The van der Waals surface area contributed by atoms with Gasteiger partial charge in [-0.3, -0.25) is 4.79 Å². The second-order valence-electron chi connectivity index (χ2n) is 6.90. The molecule has 2 aromatic rings. The van der Waals surface area contributed by atoms with Crippen molar-refractivity contribution < 1.29 is 14.3 Å². The Morgan fingerprint density at radius 3 is 2.48 bits per heavy atom. The van der Waals surface area contributed by atoms with Crippen molar-refractivity contribution in [2.75, 3.05) is 39.5 Å². The zero-order valence-electron chi connectivity index (χ0n) is 18.7. The van der Waals surface area contributed by atoms with Crippen molar-refractivity contribution in [1.82, 2.24) is 16.0 Å². The topological polar surface area (TPSA) is 84.0 Å². The quantitative estimate of drug-likeness (QED) is 0.276. The molecule has 7 nitrogen and oxygen atoms in total. The first-order valence-electron chi connectivity index (χ1n) is 10.8. The highest BCUT2D eigenvalue weighted by Gasteiger charge is 2.06. The monoisotopic (exact) mass is 426 g/mol. The van der Waals surface area contributed by atoms with E-state index in [1.807, 2.05) is 51.1 Å². The van der Waals surface area contributed by atoms with Crippen LogP contribution < -0.4 is 20.7 Å². The van der Waals surface area contributed by atoms with Crippen LogP contribution in [0.15, 0.2) is 53.5 Å². The van der Waals surface area contributed by atoms with Gasteiger partial charge in [-0.15, -0.1) is 0 Å². The van der Waals surface area contributed by atoms with Crippen molar-refractivity contribution in [2.45, 2.75) is 27.3 Å². The van der Waals surface area contributed by atoms with E-state index in [1.54, 1.807) is 12.1 Å². The van der Waals surface area contributed by atoms with Crippen molar-refractivity contribution >= 4 is 11.9 Å². The van der Waals surface area contributed by atoms with Gasteiger partial charge in [0.05, 0.1) is 13.2 Å². The zero-order valence-corrected chi connectivity index (χ0v) is 18.7. The van der Waals surface area contributed by atoms with Crippen LogP contribution in [0.3, 0.4) is 0 Å². The molecule has 31 heavy (non-hydrogen) atoms. The van der Waals surface area contributed by atoms with E-state index in [0.717, 1.165) is 23.4 Å². The van der Waals surface area contributed by atoms with Crippen LogP contribution in [0, 0.1) is 6.92 Å². The van der Waals surface area contributed by atoms with Crippen molar-refractivity contribution in [3.8, 4) is 5.75 Å².